The summed E-state index contributed by atoms with van der Waals surface area (Å²) in [5.74, 6) is 2.91. The first-order valence-corrected chi connectivity index (χ1v) is 9.66. The second-order valence-electron chi connectivity index (χ2n) is 7.13. The van der Waals surface area contributed by atoms with Crippen molar-refractivity contribution in [2.24, 2.45) is 13.0 Å². The van der Waals surface area contributed by atoms with Crippen LogP contribution in [-0.2, 0) is 16.6 Å². The topological polar surface area (TPSA) is 63.5 Å². The molecule has 2 saturated heterocycles. The molecule has 7 nitrogen and oxygen atoms in total. The van der Waals surface area contributed by atoms with Crippen molar-refractivity contribution in [2.45, 2.75) is 45.4 Å². The third-order valence-electron chi connectivity index (χ3n) is 5.68. The summed E-state index contributed by atoms with van der Waals surface area (Å²) >= 11 is 0. The zero-order valence-electron chi connectivity index (χ0n) is 15.8. The highest BCUT2D eigenvalue weighted by Crippen LogP contribution is 2.27. The van der Waals surface area contributed by atoms with Gasteiger partial charge in [0.25, 0.3) is 0 Å². The molecule has 140 valence electrons. The van der Waals surface area contributed by atoms with E-state index in [4.69, 9.17) is 4.74 Å². The third-order valence-corrected chi connectivity index (χ3v) is 5.68. The molecule has 2 aliphatic rings. The maximum Gasteiger partial charge on any atom is 0.227 e. The van der Waals surface area contributed by atoms with Crippen LogP contribution in [0.5, 0.6) is 0 Å². The summed E-state index contributed by atoms with van der Waals surface area (Å²) in [5.41, 5.74) is 0. The smallest absolute Gasteiger partial charge is 0.227 e. The maximum atomic E-state index is 12.5. The van der Waals surface area contributed by atoms with E-state index in [1.54, 1.807) is 0 Å². The average Bonchev–Trinajstić information content (AvgIpc) is 3.05. The van der Waals surface area contributed by atoms with Crippen molar-refractivity contribution in [3.8, 4) is 0 Å². The zero-order valence-corrected chi connectivity index (χ0v) is 15.8. The molecular weight excluding hydrogens is 318 g/mol. The van der Waals surface area contributed by atoms with Crippen LogP contribution in [-0.4, -0.2) is 65.0 Å². The van der Waals surface area contributed by atoms with Crippen LogP contribution < -0.4 is 4.90 Å². The van der Waals surface area contributed by atoms with Crippen molar-refractivity contribution in [3.63, 3.8) is 0 Å². The van der Waals surface area contributed by atoms with Crippen LogP contribution in [0.4, 0.5) is 5.95 Å². The Bertz CT molecular complexity index is 570. The molecule has 0 atom stereocenters. The number of rotatable bonds is 5. The highest BCUT2D eigenvalue weighted by Gasteiger charge is 2.29. The van der Waals surface area contributed by atoms with Crippen molar-refractivity contribution in [3.05, 3.63) is 5.82 Å². The van der Waals surface area contributed by atoms with E-state index in [2.05, 4.69) is 40.6 Å². The van der Waals surface area contributed by atoms with E-state index >= 15 is 0 Å². The van der Waals surface area contributed by atoms with Crippen LogP contribution in [0.2, 0.25) is 0 Å². The lowest BCUT2D eigenvalue weighted by Gasteiger charge is -2.36. The summed E-state index contributed by atoms with van der Waals surface area (Å²) in [6.45, 7) is 9.01. The Morgan fingerprint density at radius 3 is 2.36 bits per heavy atom. The lowest BCUT2D eigenvalue weighted by Crippen LogP contribution is -2.51. The Morgan fingerprint density at radius 1 is 1.12 bits per heavy atom. The molecular formula is C18H31N5O2. The number of hydrogen-bond acceptors (Lipinski definition) is 5. The lowest BCUT2D eigenvalue weighted by molar-refractivity contribution is -0.136. The van der Waals surface area contributed by atoms with Crippen LogP contribution in [0.15, 0.2) is 0 Å². The van der Waals surface area contributed by atoms with Crippen LogP contribution in [0, 0.1) is 5.92 Å². The molecule has 0 aromatic carbocycles. The molecule has 1 amide bonds. The number of hydrogen-bond donors (Lipinski definition) is 0. The van der Waals surface area contributed by atoms with Gasteiger partial charge in [-0.25, -0.2) is 0 Å². The summed E-state index contributed by atoms with van der Waals surface area (Å²) < 4.78 is 7.58. The maximum absolute atomic E-state index is 12.5. The normalized spacial score (nSPS) is 19.7. The van der Waals surface area contributed by atoms with E-state index in [-0.39, 0.29) is 5.92 Å². The summed E-state index contributed by atoms with van der Waals surface area (Å²) in [7, 11) is 2.06. The van der Waals surface area contributed by atoms with Gasteiger partial charge >= 0.3 is 0 Å². The van der Waals surface area contributed by atoms with Gasteiger partial charge < -0.3 is 19.1 Å². The van der Waals surface area contributed by atoms with Crippen molar-refractivity contribution in [2.75, 3.05) is 44.3 Å². The molecule has 2 fully saturated rings. The van der Waals surface area contributed by atoms with Gasteiger partial charge in [0.2, 0.25) is 11.9 Å². The summed E-state index contributed by atoms with van der Waals surface area (Å²) in [6, 6.07) is 0. The number of amides is 1. The molecule has 0 N–H and O–H groups in total. The van der Waals surface area contributed by atoms with E-state index in [0.717, 1.165) is 76.8 Å². The molecule has 3 heterocycles. The van der Waals surface area contributed by atoms with Gasteiger partial charge in [-0.3, -0.25) is 4.79 Å². The van der Waals surface area contributed by atoms with E-state index in [1.165, 1.54) is 0 Å². The minimum absolute atomic E-state index is 0.168. The number of ether oxygens (including phenoxy) is 1. The molecule has 7 heteroatoms. The predicted molar refractivity (Wildman–Crippen MR) is 96.7 cm³/mol. The Hall–Kier alpha value is -1.63. The number of piperazine rings is 1. The summed E-state index contributed by atoms with van der Waals surface area (Å²) in [5, 5.41) is 8.91. The molecule has 0 unspecified atom stereocenters. The molecule has 0 spiro atoms. The first-order valence-electron chi connectivity index (χ1n) is 9.66. The molecule has 25 heavy (non-hydrogen) atoms. The Morgan fingerprint density at radius 2 is 1.76 bits per heavy atom. The minimum Gasteiger partial charge on any atom is -0.381 e. The Kier molecular flexibility index (Phi) is 5.93. The van der Waals surface area contributed by atoms with E-state index < -0.39 is 0 Å². The number of anilines is 1. The van der Waals surface area contributed by atoms with Gasteiger partial charge in [0.15, 0.2) is 0 Å². The Labute approximate surface area is 150 Å². The van der Waals surface area contributed by atoms with Crippen LogP contribution in [0.25, 0.3) is 0 Å². The fourth-order valence-electron chi connectivity index (χ4n) is 3.94. The van der Waals surface area contributed by atoms with Crippen LogP contribution in [0.3, 0.4) is 0 Å². The fourth-order valence-corrected chi connectivity index (χ4v) is 3.94. The van der Waals surface area contributed by atoms with Gasteiger partial charge in [-0.05, 0) is 25.7 Å². The minimum atomic E-state index is 0.168. The first kappa shape index (κ1) is 18.2. The zero-order chi connectivity index (χ0) is 17.8. The molecule has 2 aliphatic heterocycles. The van der Waals surface area contributed by atoms with Crippen molar-refractivity contribution in [1.82, 2.24) is 19.7 Å². The molecule has 0 aliphatic carbocycles. The largest absolute Gasteiger partial charge is 0.381 e. The number of aromatic nitrogens is 3. The van der Waals surface area contributed by atoms with E-state index in [1.807, 2.05) is 4.90 Å². The van der Waals surface area contributed by atoms with Crippen molar-refractivity contribution < 1.29 is 9.53 Å². The molecule has 1 aromatic rings. The highest BCUT2D eigenvalue weighted by atomic mass is 16.5. The predicted octanol–water partition coefficient (Wildman–Crippen LogP) is 1.79. The molecule has 0 bridgehead atoms. The third kappa shape index (κ3) is 3.81. The van der Waals surface area contributed by atoms with Crippen molar-refractivity contribution in [1.29, 1.82) is 0 Å². The average molecular weight is 349 g/mol. The van der Waals surface area contributed by atoms with E-state index in [0.29, 0.717) is 11.8 Å². The van der Waals surface area contributed by atoms with Crippen LogP contribution in [0.1, 0.15) is 51.3 Å². The second kappa shape index (κ2) is 8.17. The highest BCUT2D eigenvalue weighted by molar-refractivity contribution is 5.79. The van der Waals surface area contributed by atoms with Gasteiger partial charge in [0.05, 0.1) is 0 Å². The molecule has 3 rings (SSSR count). The molecule has 0 saturated carbocycles. The number of nitrogens with zero attached hydrogens (tertiary/aromatic N) is 5. The molecule has 1 aromatic heterocycles. The van der Waals surface area contributed by atoms with Gasteiger partial charge in [-0.2, -0.15) is 0 Å². The summed E-state index contributed by atoms with van der Waals surface area (Å²) in [6.07, 6.45) is 3.88. The Balaban J connectivity index is 1.61. The van der Waals surface area contributed by atoms with Gasteiger partial charge in [0, 0.05) is 58.3 Å². The van der Waals surface area contributed by atoms with E-state index in [9.17, 15) is 4.79 Å². The standard InChI is InChI=1S/C18H31N5O2/c1-4-14(5-2)17(24)22-8-10-23(11-9-22)18-20-19-16(21(18)3)15-6-12-25-13-7-15/h14-15H,4-13H2,1-3H3. The molecule has 0 radical (unpaired) electrons. The van der Waals surface area contributed by atoms with Gasteiger partial charge in [-0.1, -0.05) is 13.8 Å². The quantitative estimate of drug-likeness (QED) is 0.811. The monoisotopic (exact) mass is 349 g/mol. The SMILES string of the molecule is CCC(CC)C(=O)N1CCN(c2nnc(C3CCOCC3)n2C)CC1. The number of carbonyl (C=O) groups is 1. The number of carbonyl (C=O) groups excluding carboxylic acids is 1. The second-order valence-corrected chi connectivity index (χ2v) is 7.13. The van der Waals surface area contributed by atoms with Crippen molar-refractivity contribution >= 4 is 11.9 Å². The first-order chi connectivity index (χ1) is 12.2. The van der Waals surface area contributed by atoms with Crippen LogP contribution >= 0.6 is 0 Å². The fraction of sp³-hybridized carbons (Fsp3) is 0.833. The van der Waals surface area contributed by atoms with Gasteiger partial charge in [0.1, 0.15) is 5.82 Å². The van der Waals surface area contributed by atoms with Gasteiger partial charge in [-0.15, -0.1) is 10.2 Å². The lowest BCUT2D eigenvalue weighted by atomic mass is 10.00. The summed E-state index contributed by atoms with van der Waals surface area (Å²) in [4.78, 5) is 16.8.